The van der Waals surface area contributed by atoms with Gasteiger partial charge in [0, 0.05) is 5.69 Å². The van der Waals surface area contributed by atoms with Gasteiger partial charge in [-0.2, -0.15) is 0 Å². The Balaban J connectivity index is 1.97. The summed E-state index contributed by atoms with van der Waals surface area (Å²) in [7, 11) is 0. The lowest BCUT2D eigenvalue weighted by Crippen LogP contribution is -2.20. The zero-order valence-corrected chi connectivity index (χ0v) is 13.0. The van der Waals surface area contributed by atoms with Crippen molar-refractivity contribution in [1.82, 2.24) is 0 Å². The number of nitrogen functional groups attached to an aromatic ring is 1. The van der Waals surface area contributed by atoms with E-state index in [-0.39, 0.29) is 30.2 Å². The van der Waals surface area contributed by atoms with Crippen molar-refractivity contribution in [2.75, 3.05) is 24.3 Å². The SMILES string of the molecule is CCOC(=O)c1ccc(N)c(OCC(=O)Nc2ccc(F)cc2)c1. The average Bonchev–Trinajstić information content (AvgIpc) is 2.56. The van der Waals surface area contributed by atoms with Crippen LogP contribution in [0, 0.1) is 5.82 Å². The number of carbonyl (C=O) groups excluding carboxylic acids is 2. The number of halogens is 1. The molecule has 0 heterocycles. The quantitative estimate of drug-likeness (QED) is 0.627. The molecule has 2 aromatic carbocycles. The number of nitrogens with one attached hydrogen (secondary N) is 1. The molecule has 126 valence electrons. The molecule has 0 aliphatic carbocycles. The van der Waals surface area contributed by atoms with Crippen molar-refractivity contribution in [2.45, 2.75) is 6.92 Å². The Labute approximate surface area is 138 Å². The van der Waals surface area contributed by atoms with Crippen molar-refractivity contribution in [3.8, 4) is 5.75 Å². The maximum absolute atomic E-state index is 12.8. The number of benzene rings is 2. The minimum atomic E-state index is -0.502. The first-order valence-corrected chi connectivity index (χ1v) is 7.24. The minimum absolute atomic E-state index is 0.204. The van der Waals surface area contributed by atoms with E-state index in [9.17, 15) is 14.0 Å². The molecule has 0 fully saturated rings. The van der Waals surface area contributed by atoms with Crippen molar-refractivity contribution >= 4 is 23.3 Å². The van der Waals surface area contributed by atoms with Gasteiger partial charge < -0.3 is 20.5 Å². The third-order valence-electron chi connectivity index (χ3n) is 3.01. The van der Waals surface area contributed by atoms with Gasteiger partial charge in [-0.25, -0.2) is 9.18 Å². The van der Waals surface area contributed by atoms with E-state index in [1.807, 2.05) is 0 Å². The van der Waals surface area contributed by atoms with Gasteiger partial charge in [-0.05, 0) is 49.4 Å². The molecule has 0 saturated heterocycles. The number of amides is 1. The number of rotatable bonds is 6. The maximum atomic E-state index is 12.8. The van der Waals surface area contributed by atoms with Gasteiger partial charge in [0.25, 0.3) is 5.91 Å². The van der Waals surface area contributed by atoms with Crippen LogP contribution in [0.15, 0.2) is 42.5 Å². The first-order chi connectivity index (χ1) is 11.5. The Morgan fingerprint density at radius 2 is 1.88 bits per heavy atom. The van der Waals surface area contributed by atoms with Crippen LogP contribution in [-0.2, 0) is 9.53 Å². The monoisotopic (exact) mass is 332 g/mol. The van der Waals surface area contributed by atoms with E-state index in [0.717, 1.165) is 0 Å². The Bertz CT molecular complexity index is 732. The van der Waals surface area contributed by atoms with Crippen LogP contribution in [0.3, 0.4) is 0 Å². The standard InChI is InChI=1S/C17H17FN2O4/c1-2-23-17(22)11-3-8-14(19)15(9-11)24-10-16(21)20-13-6-4-12(18)5-7-13/h3-9H,2,10,19H2,1H3,(H,20,21). The highest BCUT2D eigenvalue weighted by atomic mass is 19.1. The third-order valence-corrected chi connectivity index (χ3v) is 3.01. The number of hydrogen-bond acceptors (Lipinski definition) is 5. The van der Waals surface area contributed by atoms with Gasteiger partial charge in [-0.15, -0.1) is 0 Å². The molecule has 0 aliphatic rings. The van der Waals surface area contributed by atoms with E-state index in [1.54, 1.807) is 6.92 Å². The van der Waals surface area contributed by atoms with Gasteiger partial charge in [0.05, 0.1) is 17.9 Å². The Morgan fingerprint density at radius 1 is 1.17 bits per heavy atom. The fourth-order valence-corrected chi connectivity index (χ4v) is 1.87. The lowest BCUT2D eigenvalue weighted by Gasteiger charge is -2.11. The molecule has 7 heteroatoms. The Morgan fingerprint density at radius 3 is 2.54 bits per heavy atom. The van der Waals surface area contributed by atoms with Crippen LogP contribution >= 0.6 is 0 Å². The lowest BCUT2D eigenvalue weighted by molar-refractivity contribution is -0.118. The minimum Gasteiger partial charge on any atom is -0.482 e. The molecular formula is C17H17FN2O4. The predicted octanol–water partition coefficient (Wildman–Crippen LogP) is 2.60. The number of anilines is 2. The molecule has 0 spiro atoms. The molecule has 0 bridgehead atoms. The van der Waals surface area contributed by atoms with Crippen LogP contribution in [0.4, 0.5) is 15.8 Å². The summed E-state index contributed by atoms with van der Waals surface area (Å²) in [5.74, 6) is -1.14. The number of esters is 1. The molecule has 1 amide bonds. The Kier molecular flexibility index (Phi) is 5.73. The summed E-state index contributed by atoms with van der Waals surface area (Å²) in [5.41, 5.74) is 6.78. The molecule has 24 heavy (non-hydrogen) atoms. The molecule has 0 unspecified atom stereocenters. The van der Waals surface area contributed by atoms with Gasteiger partial charge in [0.2, 0.25) is 0 Å². The number of hydrogen-bond donors (Lipinski definition) is 2. The fraction of sp³-hybridized carbons (Fsp3) is 0.176. The van der Waals surface area contributed by atoms with Gasteiger partial charge in [-0.3, -0.25) is 4.79 Å². The molecular weight excluding hydrogens is 315 g/mol. The van der Waals surface area contributed by atoms with Crippen LogP contribution in [0.1, 0.15) is 17.3 Å². The second-order valence-electron chi connectivity index (χ2n) is 4.82. The van der Waals surface area contributed by atoms with E-state index in [4.69, 9.17) is 15.2 Å². The van der Waals surface area contributed by atoms with Gasteiger partial charge in [0.1, 0.15) is 11.6 Å². The van der Waals surface area contributed by atoms with E-state index in [1.165, 1.54) is 42.5 Å². The highest BCUT2D eigenvalue weighted by molar-refractivity contribution is 5.92. The zero-order valence-electron chi connectivity index (χ0n) is 13.0. The summed E-state index contributed by atoms with van der Waals surface area (Å²) in [6, 6.07) is 9.76. The van der Waals surface area contributed by atoms with E-state index in [0.29, 0.717) is 5.69 Å². The summed E-state index contributed by atoms with van der Waals surface area (Å²) >= 11 is 0. The molecule has 6 nitrogen and oxygen atoms in total. The fourth-order valence-electron chi connectivity index (χ4n) is 1.87. The molecule has 0 aliphatic heterocycles. The van der Waals surface area contributed by atoms with Crippen LogP contribution in [-0.4, -0.2) is 25.1 Å². The number of nitrogens with two attached hydrogens (primary N) is 1. The molecule has 0 atom stereocenters. The van der Waals surface area contributed by atoms with E-state index < -0.39 is 17.7 Å². The van der Waals surface area contributed by atoms with Crippen molar-refractivity contribution in [2.24, 2.45) is 0 Å². The van der Waals surface area contributed by atoms with Crippen LogP contribution in [0.2, 0.25) is 0 Å². The highest BCUT2D eigenvalue weighted by Crippen LogP contribution is 2.23. The number of carbonyl (C=O) groups is 2. The smallest absolute Gasteiger partial charge is 0.338 e. The van der Waals surface area contributed by atoms with E-state index >= 15 is 0 Å². The van der Waals surface area contributed by atoms with Crippen molar-refractivity contribution in [1.29, 1.82) is 0 Å². The maximum Gasteiger partial charge on any atom is 0.338 e. The van der Waals surface area contributed by atoms with Gasteiger partial charge in [-0.1, -0.05) is 0 Å². The van der Waals surface area contributed by atoms with Gasteiger partial charge >= 0.3 is 5.97 Å². The highest BCUT2D eigenvalue weighted by Gasteiger charge is 2.11. The Hall–Kier alpha value is -3.09. The number of ether oxygens (including phenoxy) is 2. The van der Waals surface area contributed by atoms with Crippen LogP contribution in [0.5, 0.6) is 5.75 Å². The molecule has 0 aromatic heterocycles. The first kappa shape index (κ1) is 17.3. The second kappa shape index (κ2) is 7.96. The first-order valence-electron chi connectivity index (χ1n) is 7.24. The predicted molar refractivity (Wildman–Crippen MR) is 87.3 cm³/mol. The lowest BCUT2D eigenvalue weighted by atomic mass is 10.2. The normalized spacial score (nSPS) is 10.1. The molecule has 0 saturated carbocycles. The zero-order chi connectivity index (χ0) is 17.5. The summed E-state index contributed by atoms with van der Waals surface area (Å²) < 4.78 is 23.0. The van der Waals surface area contributed by atoms with E-state index in [2.05, 4.69) is 5.32 Å². The van der Waals surface area contributed by atoms with Crippen molar-refractivity contribution < 1.29 is 23.5 Å². The molecule has 2 rings (SSSR count). The second-order valence-corrected chi connectivity index (χ2v) is 4.82. The summed E-state index contributed by atoms with van der Waals surface area (Å²) in [6.07, 6.45) is 0. The summed E-state index contributed by atoms with van der Waals surface area (Å²) in [5, 5.41) is 2.55. The largest absolute Gasteiger partial charge is 0.482 e. The van der Waals surface area contributed by atoms with Crippen molar-refractivity contribution in [3.63, 3.8) is 0 Å². The van der Waals surface area contributed by atoms with Gasteiger partial charge in [0.15, 0.2) is 6.61 Å². The topological polar surface area (TPSA) is 90.7 Å². The van der Waals surface area contributed by atoms with Crippen molar-refractivity contribution in [3.05, 3.63) is 53.8 Å². The molecule has 0 radical (unpaired) electrons. The summed E-state index contributed by atoms with van der Waals surface area (Å²) in [6.45, 7) is 1.64. The average molecular weight is 332 g/mol. The third kappa shape index (κ3) is 4.70. The summed E-state index contributed by atoms with van der Waals surface area (Å²) in [4.78, 5) is 23.5. The molecule has 3 N–H and O–H groups in total. The van der Waals surface area contributed by atoms with Crippen LogP contribution in [0.25, 0.3) is 0 Å². The van der Waals surface area contributed by atoms with Crippen LogP contribution < -0.4 is 15.8 Å². The molecule has 2 aromatic rings.